The first kappa shape index (κ1) is 28.0. The summed E-state index contributed by atoms with van der Waals surface area (Å²) in [7, 11) is 0. The van der Waals surface area contributed by atoms with Crippen LogP contribution in [-0.4, -0.2) is 6.61 Å². The number of allylic oxidation sites excluding steroid dienone is 2. The molecule has 0 aromatic heterocycles. The fourth-order valence-electron chi connectivity index (χ4n) is 5.52. The molecule has 4 heteroatoms. The van der Waals surface area contributed by atoms with Crippen LogP contribution in [0.1, 0.15) is 83.1 Å². The van der Waals surface area contributed by atoms with Crippen LogP contribution in [0, 0.1) is 23.4 Å². The molecule has 38 heavy (non-hydrogen) atoms. The average Bonchev–Trinajstić information content (AvgIpc) is 2.94. The van der Waals surface area contributed by atoms with Crippen molar-refractivity contribution in [1.82, 2.24) is 0 Å². The van der Waals surface area contributed by atoms with E-state index < -0.39 is 11.6 Å². The van der Waals surface area contributed by atoms with E-state index in [0.29, 0.717) is 35.1 Å². The Morgan fingerprint density at radius 1 is 0.763 bits per heavy atom. The highest BCUT2D eigenvalue weighted by Gasteiger charge is 2.22. The number of unbranched alkanes of at least 4 members (excludes halogenated alkanes) is 4. The van der Waals surface area contributed by atoms with Crippen molar-refractivity contribution in [2.24, 2.45) is 5.92 Å². The summed E-state index contributed by atoms with van der Waals surface area (Å²) in [5.74, 6) is -1.17. The third-order valence-corrected chi connectivity index (χ3v) is 7.76. The van der Waals surface area contributed by atoms with Gasteiger partial charge in [-0.05, 0) is 85.8 Å². The summed E-state index contributed by atoms with van der Waals surface area (Å²) in [6.45, 7) is 4.58. The fourth-order valence-corrected chi connectivity index (χ4v) is 5.52. The summed E-state index contributed by atoms with van der Waals surface area (Å²) in [4.78, 5) is 0. The molecule has 1 aliphatic rings. The molecule has 4 rings (SSSR count). The number of hydrogen-bond donors (Lipinski definition) is 0. The standard InChI is InChI=1S/C34H39F3O/c1-3-5-6-7-8-22-38-32-21-20-30(33(36)34(32)37)27-16-14-26(15-17-27)29-19-18-28(23-31(29)35)25-12-10-24(9-4-2)11-13-25/h4,9,14-21,23-25H,3,5-8,10-13,22H2,1-2H3. The molecule has 0 amide bonds. The van der Waals surface area contributed by atoms with Gasteiger partial charge in [-0.15, -0.1) is 0 Å². The van der Waals surface area contributed by atoms with Gasteiger partial charge in [-0.3, -0.25) is 0 Å². The minimum absolute atomic E-state index is 0.0594. The molecule has 1 nitrogen and oxygen atoms in total. The van der Waals surface area contributed by atoms with Gasteiger partial charge in [0.15, 0.2) is 11.6 Å². The van der Waals surface area contributed by atoms with Crippen molar-refractivity contribution >= 4 is 0 Å². The molecule has 0 heterocycles. The highest BCUT2D eigenvalue weighted by molar-refractivity contribution is 5.71. The predicted octanol–water partition coefficient (Wildman–Crippen LogP) is 10.6. The number of hydrogen-bond acceptors (Lipinski definition) is 1. The maximum Gasteiger partial charge on any atom is 0.201 e. The lowest BCUT2D eigenvalue weighted by Gasteiger charge is -2.27. The smallest absolute Gasteiger partial charge is 0.201 e. The van der Waals surface area contributed by atoms with Crippen LogP contribution in [0.2, 0.25) is 0 Å². The summed E-state index contributed by atoms with van der Waals surface area (Å²) < 4.78 is 50.2. The van der Waals surface area contributed by atoms with Gasteiger partial charge in [0, 0.05) is 11.1 Å². The molecular formula is C34H39F3O. The Balaban J connectivity index is 1.41. The van der Waals surface area contributed by atoms with E-state index in [4.69, 9.17) is 4.74 Å². The lowest BCUT2D eigenvalue weighted by Crippen LogP contribution is -2.12. The van der Waals surface area contributed by atoms with Crippen molar-refractivity contribution in [2.45, 2.75) is 77.6 Å². The molecule has 0 N–H and O–H groups in total. The first-order valence-electron chi connectivity index (χ1n) is 14.2. The second kappa shape index (κ2) is 13.7. The molecule has 3 aromatic carbocycles. The third kappa shape index (κ3) is 6.89. The largest absolute Gasteiger partial charge is 0.490 e. The van der Waals surface area contributed by atoms with Crippen LogP contribution in [0.4, 0.5) is 13.2 Å². The molecular weight excluding hydrogens is 481 g/mol. The number of rotatable bonds is 11. The minimum Gasteiger partial charge on any atom is -0.490 e. The Morgan fingerprint density at radius 3 is 2.08 bits per heavy atom. The van der Waals surface area contributed by atoms with Gasteiger partial charge in [0.1, 0.15) is 5.82 Å². The number of halogens is 3. The van der Waals surface area contributed by atoms with E-state index in [9.17, 15) is 8.78 Å². The van der Waals surface area contributed by atoms with Crippen LogP contribution in [0.25, 0.3) is 22.3 Å². The zero-order valence-electron chi connectivity index (χ0n) is 22.6. The molecule has 1 aliphatic carbocycles. The molecule has 0 radical (unpaired) electrons. The van der Waals surface area contributed by atoms with Gasteiger partial charge < -0.3 is 4.74 Å². The second-order valence-electron chi connectivity index (χ2n) is 10.5. The van der Waals surface area contributed by atoms with Crippen molar-refractivity contribution in [3.8, 4) is 28.0 Å². The first-order chi connectivity index (χ1) is 18.5. The molecule has 0 spiro atoms. The van der Waals surface area contributed by atoms with E-state index >= 15 is 4.39 Å². The quantitative estimate of drug-likeness (QED) is 0.180. The van der Waals surface area contributed by atoms with Crippen molar-refractivity contribution in [3.05, 3.63) is 89.8 Å². The molecule has 1 saturated carbocycles. The minimum atomic E-state index is -0.971. The van der Waals surface area contributed by atoms with Gasteiger partial charge in [-0.25, -0.2) is 8.78 Å². The molecule has 1 fully saturated rings. The van der Waals surface area contributed by atoms with E-state index in [1.165, 1.54) is 12.5 Å². The summed E-state index contributed by atoms with van der Waals surface area (Å²) >= 11 is 0. The summed E-state index contributed by atoms with van der Waals surface area (Å²) in [5, 5.41) is 0. The van der Waals surface area contributed by atoms with Gasteiger partial charge in [0.05, 0.1) is 6.61 Å². The maximum absolute atomic E-state index is 15.1. The van der Waals surface area contributed by atoms with Crippen LogP contribution >= 0.6 is 0 Å². The zero-order valence-corrected chi connectivity index (χ0v) is 22.6. The van der Waals surface area contributed by atoms with Gasteiger partial charge >= 0.3 is 0 Å². The Labute approximate surface area is 225 Å². The summed E-state index contributed by atoms with van der Waals surface area (Å²) in [6.07, 6.45) is 14.1. The average molecular weight is 521 g/mol. The van der Waals surface area contributed by atoms with E-state index in [1.807, 2.05) is 12.1 Å². The van der Waals surface area contributed by atoms with Crippen LogP contribution in [0.5, 0.6) is 5.75 Å². The second-order valence-corrected chi connectivity index (χ2v) is 10.5. The fraction of sp³-hybridized carbons (Fsp3) is 0.412. The predicted molar refractivity (Wildman–Crippen MR) is 151 cm³/mol. The zero-order chi connectivity index (χ0) is 26.9. The number of ether oxygens (including phenoxy) is 1. The highest BCUT2D eigenvalue weighted by Crippen LogP contribution is 2.38. The van der Waals surface area contributed by atoms with E-state index in [0.717, 1.165) is 56.9 Å². The molecule has 0 aliphatic heterocycles. The van der Waals surface area contributed by atoms with Crippen molar-refractivity contribution < 1.29 is 17.9 Å². The SMILES string of the molecule is CC=CC1CCC(c2ccc(-c3ccc(-c4ccc(OCCCCCCC)c(F)c4F)cc3)c(F)c2)CC1. The lowest BCUT2D eigenvalue weighted by atomic mass is 9.78. The van der Waals surface area contributed by atoms with Crippen molar-refractivity contribution in [2.75, 3.05) is 6.61 Å². The molecule has 0 atom stereocenters. The van der Waals surface area contributed by atoms with Gasteiger partial charge in [-0.1, -0.05) is 81.2 Å². The highest BCUT2D eigenvalue weighted by atomic mass is 19.2. The van der Waals surface area contributed by atoms with E-state index in [-0.39, 0.29) is 17.1 Å². The first-order valence-corrected chi connectivity index (χ1v) is 14.2. The summed E-state index contributed by atoms with van der Waals surface area (Å²) in [6, 6.07) is 15.5. The molecule has 0 saturated heterocycles. The van der Waals surface area contributed by atoms with Gasteiger partial charge in [-0.2, -0.15) is 4.39 Å². The number of benzene rings is 3. The van der Waals surface area contributed by atoms with Gasteiger partial charge in [0.2, 0.25) is 5.82 Å². The van der Waals surface area contributed by atoms with Crippen LogP contribution in [0.15, 0.2) is 66.7 Å². The van der Waals surface area contributed by atoms with Gasteiger partial charge in [0.25, 0.3) is 0 Å². The monoisotopic (exact) mass is 520 g/mol. The Bertz CT molecular complexity index is 1210. The lowest BCUT2D eigenvalue weighted by molar-refractivity contribution is 0.285. The maximum atomic E-state index is 15.1. The van der Waals surface area contributed by atoms with Crippen molar-refractivity contribution in [3.63, 3.8) is 0 Å². The van der Waals surface area contributed by atoms with Crippen LogP contribution in [0.3, 0.4) is 0 Å². The Morgan fingerprint density at radius 2 is 1.42 bits per heavy atom. The van der Waals surface area contributed by atoms with E-state index in [2.05, 4.69) is 26.0 Å². The molecule has 202 valence electrons. The van der Waals surface area contributed by atoms with Crippen LogP contribution < -0.4 is 4.74 Å². The van der Waals surface area contributed by atoms with E-state index in [1.54, 1.807) is 36.4 Å². The van der Waals surface area contributed by atoms with Crippen molar-refractivity contribution in [1.29, 1.82) is 0 Å². The molecule has 0 unspecified atom stereocenters. The molecule has 0 bridgehead atoms. The normalized spacial score (nSPS) is 17.7. The third-order valence-electron chi connectivity index (χ3n) is 7.76. The topological polar surface area (TPSA) is 9.23 Å². The Hall–Kier alpha value is -3.01. The van der Waals surface area contributed by atoms with Crippen LogP contribution in [-0.2, 0) is 0 Å². The Kier molecular flexibility index (Phi) is 10.1. The molecule has 3 aromatic rings. The summed E-state index contributed by atoms with van der Waals surface area (Å²) in [5.41, 5.74) is 2.97.